The van der Waals surface area contributed by atoms with E-state index in [1.165, 1.54) is 11.3 Å². The van der Waals surface area contributed by atoms with Gasteiger partial charge in [0.1, 0.15) is 11.5 Å². The quantitative estimate of drug-likeness (QED) is 0.678. The summed E-state index contributed by atoms with van der Waals surface area (Å²) in [6.07, 6.45) is 3.69. The van der Waals surface area contributed by atoms with E-state index >= 15 is 0 Å². The van der Waals surface area contributed by atoms with Crippen LogP contribution in [0, 0.1) is 0 Å². The average Bonchev–Trinajstić information content (AvgIpc) is 3.04. The van der Waals surface area contributed by atoms with Crippen LogP contribution in [0.1, 0.15) is 10.5 Å². The van der Waals surface area contributed by atoms with Crippen LogP contribution < -0.4 is 10.6 Å². The highest BCUT2D eigenvalue weighted by Crippen LogP contribution is 2.22. The molecule has 0 bridgehead atoms. The van der Waals surface area contributed by atoms with Crippen LogP contribution in [0.2, 0.25) is 0 Å². The number of anilines is 3. The Morgan fingerprint density at radius 2 is 2.13 bits per heavy atom. The molecule has 2 N–H and O–H groups in total. The summed E-state index contributed by atoms with van der Waals surface area (Å²) >= 11 is 2.99. The van der Waals surface area contributed by atoms with Gasteiger partial charge in [-0.05, 0) is 36.6 Å². The minimum absolute atomic E-state index is 0.228. The number of nitrogens with zero attached hydrogens (tertiary/aromatic N) is 2. The fraction of sp³-hybridized carbons (Fsp3) is 0.0625. The number of aromatic nitrogens is 2. The van der Waals surface area contributed by atoms with Crippen molar-refractivity contribution in [3.63, 3.8) is 0 Å². The maximum absolute atomic E-state index is 12.3. The molecule has 116 valence electrons. The lowest BCUT2D eigenvalue weighted by Gasteiger charge is -2.04. The van der Waals surface area contributed by atoms with Crippen LogP contribution in [0.4, 0.5) is 16.6 Å². The Balaban J connectivity index is 1.68. The number of hydrogen-bond donors (Lipinski definition) is 2. The summed E-state index contributed by atoms with van der Waals surface area (Å²) in [5, 5.41) is 8.29. The van der Waals surface area contributed by atoms with E-state index in [9.17, 15) is 4.79 Å². The van der Waals surface area contributed by atoms with Crippen LogP contribution in [0.3, 0.4) is 0 Å². The molecule has 0 aliphatic heterocycles. The Bertz CT molecular complexity index is 805. The van der Waals surface area contributed by atoms with Crippen LogP contribution in [0.15, 0.2) is 58.9 Å². The van der Waals surface area contributed by atoms with Crippen molar-refractivity contribution in [3.05, 3.63) is 59.7 Å². The normalized spacial score (nSPS) is 10.3. The van der Waals surface area contributed by atoms with E-state index < -0.39 is 0 Å². The van der Waals surface area contributed by atoms with Gasteiger partial charge < -0.3 is 10.6 Å². The van der Waals surface area contributed by atoms with E-state index in [0.29, 0.717) is 16.6 Å². The van der Waals surface area contributed by atoms with Crippen molar-refractivity contribution in [1.29, 1.82) is 0 Å². The van der Waals surface area contributed by atoms with Gasteiger partial charge in [0, 0.05) is 22.2 Å². The molecule has 5 nitrogen and oxygen atoms in total. The number of pyridine rings is 1. The molecule has 0 spiro atoms. The van der Waals surface area contributed by atoms with Crippen molar-refractivity contribution in [2.45, 2.75) is 4.90 Å². The van der Waals surface area contributed by atoms with Crippen molar-refractivity contribution < 1.29 is 4.79 Å². The summed E-state index contributed by atoms with van der Waals surface area (Å²) in [5.74, 6) is 0.468. The van der Waals surface area contributed by atoms with Crippen molar-refractivity contribution in [2.24, 2.45) is 0 Å². The summed E-state index contributed by atoms with van der Waals surface area (Å²) in [5.41, 5.74) is 1.14. The molecule has 0 aliphatic carbocycles. The van der Waals surface area contributed by atoms with Gasteiger partial charge in [-0.15, -0.1) is 23.1 Å². The van der Waals surface area contributed by atoms with Crippen LogP contribution in [-0.2, 0) is 0 Å². The molecule has 1 aromatic carbocycles. The third kappa shape index (κ3) is 4.08. The summed E-state index contributed by atoms with van der Waals surface area (Å²) < 4.78 is 0. The number of nitrogens with one attached hydrogen (secondary N) is 2. The highest BCUT2D eigenvalue weighted by molar-refractivity contribution is 7.98. The van der Waals surface area contributed by atoms with Crippen LogP contribution >= 0.6 is 23.1 Å². The minimum atomic E-state index is -0.228. The van der Waals surface area contributed by atoms with E-state index in [-0.39, 0.29) is 5.91 Å². The van der Waals surface area contributed by atoms with Gasteiger partial charge in [0.2, 0.25) is 0 Å². The number of thiazole rings is 1. The standard InChI is InChI=1S/C16H14N4OS2/c1-22-12-6-4-5-11(9-12)18-15(21)13-10-23-16(19-13)20-14-7-2-3-8-17-14/h2-10H,1H3,(H,18,21)(H,17,19,20). The number of thioether (sulfide) groups is 1. The third-order valence-corrected chi connectivity index (χ3v) is 4.45. The maximum Gasteiger partial charge on any atom is 0.275 e. The van der Waals surface area contributed by atoms with E-state index in [1.54, 1.807) is 23.3 Å². The molecule has 0 saturated heterocycles. The lowest BCUT2D eigenvalue weighted by atomic mass is 10.3. The molecule has 2 heterocycles. The van der Waals surface area contributed by atoms with Gasteiger partial charge in [-0.2, -0.15) is 0 Å². The molecule has 0 saturated carbocycles. The van der Waals surface area contributed by atoms with Gasteiger partial charge in [0.25, 0.3) is 5.91 Å². The van der Waals surface area contributed by atoms with E-state index in [4.69, 9.17) is 0 Å². The first-order chi connectivity index (χ1) is 11.2. The average molecular weight is 342 g/mol. The number of amides is 1. The van der Waals surface area contributed by atoms with Gasteiger partial charge in [-0.3, -0.25) is 4.79 Å². The predicted molar refractivity (Wildman–Crippen MR) is 95.8 cm³/mol. The molecule has 0 aliphatic rings. The molecule has 2 aromatic heterocycles. The second-order valence-electron chi connectivity index (χ2n) is 4.56. The monoisotopic (exact) mass is 342 g/mol. The molecular weight excluding hydrogens is 328 g/mol. The molecule has 7 heteroatoms. The summed E-state index contributed by atoms with van der Waals surface area (Å²) in [6, 6.07) is 13.3. The zero-order chi connectivity index (χ0) is 16.1. The molecule has 0 radical (unpaired) electrons. The smallest absolute Gasteiger partial charge is 0.275 e. The zero-order valence-electron chi connectivity index (χ0n) is 12.3. The first-order valence-electron chi connectivity index (χ1n) is 6.83. The van der Waals surface area contributed by atoms with Crippen LogP contribution in [-0.4, -0.2) is 22.1 Å². The van der Waals surface area contributed by atoms with Gasteiger partial charge >= 0.3 is 0 Å². The second kappa shape index (κ2) is 7.26. The maximum atomic E-state index is 12.3. The fourth-order valence-corrected chi connectivity index (χ4v) is 3.03. The Kier molecular flexibility index (Phi) is 4.89. The van der Waals surface area contributed by atoms with E-state index in [0.717, 1.165) is 10.6 Å². The molecule has 3 aromatic rings. The molecule has 0 atom stereocenters. The lowest BCUT2D eigenvalue weighted by Crippen LogP contribution is -2.12. The van der Waals surface area contributed by atoms with Gasteiger partial charge in [0.15, 0.2) is 5.13 Å². The number of carbonyl (C=O) groups excluding carboxylic acids is 1. The molecule has 0 fully saturated rings. The SMILES string of the molecule is CSc1cccc(NC(=O)c2csc(Nc3ccccn3)n2)c1. The predicted octanol–water partition coefficient (Wildman–Crippen LogP) is 4.26. The lowest BCUT2D eigenvalue weighted by molar-refractivity contribution is 0.102. The highest BCUT2D eigenvalue weighted by atomic mass is 32.2. The van der Waals surface area contributed by atoms with Gasteiger partial charge in [-0.1, -0.05) is 12.1 Å². The number of carbonyl (C=O) groups is 1. The Morgan fingerprint density at radius 3 is 2.91 bits per heavy atom. The van der Waals surface area contributed by atoms with Crippen LogP contribution in [0.5, 0.6) is 0 Å². The minimum Gasteiger partial charge on any atom is -0.321 e. The molecule has 0 unspecified atom stereocenters. The summed E-state index contributed by atoms with van der Waals surface area (Å²) in [4.78, 5) is 21.8. The topological polar surface area (TPSA) is 66.9 Å². The van der Waals surface area contributed by atoms with Crippen molar-refractivity contribution >= 4 is 45.6 Å². The van der Waals surface area contributed by atoms with Gasteiger partial charge in [-0.25, -0.2) is 9.97 Å². The third-order valence-electron chi connectivity index (χ3n) is 2.96. The highest BCUT2D eigenvalue weighted by Gasteiger charge is 2.11. The largest absolute Gasteiger partial charge is 0.321 e. The molecule has 3 rings (SSSR count). The molecular formula is C16H14N4OS2. The number of rotatable bonds is 5. The van der Waals surface area contributed by atoms with E-state index in [2.05, 4.69) is 20.6 Å². The van der Waals surface area contributed by atoms with Crippen LogP contribution in [0.25, 0.3) is 0 Å². The van der Waals surface area contributed by atoms with Gasteiger partial charge in [0.05, 0.1) is 0 Å². The summed E-state index contributed by atoms with van der Waals surface area (Å²) in [6.45, 7) is 0. The Morgan fingerprint density at radius 1 is 1.22 bits per heavy atom. The Hall–Kier alpha value is -2.38. The summed E-state index contributed by atoms with van der Waals surface area (Å²) in [7, 11) is 0. The molecule has 1 amide bonds. The Labute approximate surface area is 142 Å². The number of benzene rings is 1. The first kappa shape index (κ1) is 15.5. The fourth-order valence-electron chi connectivity index (χ4n) is 1.88. The number of hydrogen-bond acceptors (Lipinski definition) is 6. The van der Waals surface area contributed by atoms with Crippen molar-refractivity contribution in [1.82, 2.24) is 9.97 Å². The molecule has 23 heavy (non-hydrogen) atoms. The van der Waals surface area contributed by atoms with Crippen molar-refractivity contribution in [2.75, 3.05) is 16.9 Å². The van der Waals surface area contributed by atoms with Crippen molar-refractivity contribution in [3.8, 4) is 0 Å². The first-order valence-corrected chi connectivity index (χ1v) is 8.94. The van der Waals surface area contributed by atoms with E-state index in [1.807, 2.05) is 48.7 Å². The zero-order valence-corrected chi connectivity index (χ0v) is 13.9. The second-order valence-corrected chi connectivity index (χ2v) is 6.30.